The maximum Gasteiger partial charge on any atom is 0.0624 e. The van der Waals surface area contributed by atoms with Crippen LogP contribution in [0.5, 0.6) is 0 Å². The second-order valence-corrected chi connectivity index (χ2v) is 6.55. The zero-order valence-corrected chi connectivity index (χ0v) is 13.7. The quantitative estimate of drug-likeness (QED) is 0.865. The predicted molar refractivity (Wildman–Crippen MR) is 84.8 cm³/mol. The Hall–Kier alpha value is -0.830. The number of hydrogen-bond acceptors (Lipinski definition) is 2. The van der Waals surface area contributed by atoms with Crippen LogP contribution in [0.2, 0.25) is 0 Å². The molecule has 20 heavy (non-hydrogen) atoms. The minimum Gasteiger partial charge on any atom is -0.317 e. The number of hydrogen-bond donors (Lipinski definition) is 1. The van der Waals surface area contributed by atoms with Crippen LogP contribution in [0.3, 0.4) is 0 Å². The van der Waals surface area contributed by atoms with Crippen molar-refractivity contribution in [3.8, 4) is 0 Å². The van der Waals surface area contributed by atoms with Gasteiger partial charge in [-0.05, 0) is 62.6 Å². The molecule has 1 aromatic rings. The number of nitrogens with one attached hydrogen (secondary N) is 1. The fourth-order valence-electron chi connectivity index (χ4n) is 3.61. The van der Waals surface area contributed by atoms with E-state index in [0.29, 0.717) is 0 Å². The van der Waals surface area contributed by atoms with Crippen LogP contribution in [0.15, 0.2) is 6.07 Å². The second kappa shape index (κ2) is 7.26. The van der Waals surface area contributed by atoms with Gasteiger partial charge in [-0.2, -0.15) is 5.10 Å². The van der Waals surface area contributed by atoms with Crippen LogP contribution in [-0.2, 0) is 19.9 Å². The monoisotopic (exact) mass is 277 g/mol. The Labute approximate surface area is 124 Å². The average molecular weight is 277 g/mol. The average Bonchev–Trinajstić information content (AvgIpc) is 2.79. The van der Waals surface area contributed by atoms with E-state index in [4.69, 9.17) is 0 Å². The summed E-state index contributed by atoms with van der Waals surface area (Å²) in [4.78, 5) is 0. The lowest BCUT2D eigenvalue weighted by atomic mass is 9.72. The molecule has 0 aromatic carbocycles. The summed E-state index contributed by atoms with van der Waals surface area (Å²) in [5.74, 6) is 2.54. The highest BCUT2D eigenvalue weighted by molar-refractivity contribution is 5.11. The first-order valence-electron chi connectivity index (χ1n) is 8.36. The van der Waals surface area contributed by atoms with E-state index in [1.165, 1.54) is 43.6 Å². The van der Waals surface area contributed by atoms with Crippen molar-refractivity contribution in [2.75, 3.05) is 13.1 Å². The molecule has 2 rings (SSSR count). The molecule has 1 saturated carbocycles. The molecule has 3 atom stereocenters. The molecule has 1 aliphatic rings. The van der Waals surface area contributed by atoms with E-state index in [-0.39, 0.29) is 0 Å². The van der Waals surface area contributed by atoms with Crippen LogP contribution in [0.4, 0.5) is 0 Å². The first kappa shape index (κ1) is 15.6. The van der Waals surface area contributed by atoms with Gasteiger partial charge in [0.25, 0.3) is 0 Å². The van der Waals surface area contributed by atoms with Gasteiger partial charge in [0.2, 0.25) is 0 Å². The standard InChI is InChI=1S/C17H31N3/c1-5-16-11-17(20(4)19-16)10-15-9-13(3)7-8-14(15)12-18-6-2/h11,13-15,18H,5-10,12H2,1-4H3. The SMILES string of the molecule is CCNCC1CCC(C)CC1Cc1cc(CC)nn1C. The van der Waals surface area contributed by atoms with Crippen LogP contribution in [-0.4, -0.2) is 22.9 Å². The van der Waals surface area contributed by atoms with Gasteiger partial charge in [0.1, 0.15) is 0 Å². The molecule has 0 bridgehead atoms. The van der Waals surface area contributed by atoms with Crippen molar-refractivity contribution < 1.29 is 0 Å². The summed E-state index contributed by atoms with van der Waals surface area (Å²) < 4.78 is 2.10. The van der Waals surface area contributed by atoms with E-state index < -0.39 is 0 Å². The smallest absolute Gasteiger partial charge is 0.0624 e. The minimum absolute atomic E-state index is 0.818. The van der Waals surface area contributed by atoms with Crippen LogP contribution in [0.25, 0.3) is 0 Å². The molecule has 1 fully saturated rings. The lowest BCUT2D eigenvalue weighted by molar-refractivity contribution is 0.182. The number of aromatic nitrogens is 2. The molecular formula is C17H31N3. The van der Waals surface area contributed by atoms with Gasteiger partial charge in [0.15, 0.2) is 0 Å². The van der Waals surface area contributed by atoms with Crippen LogP contribution >= 0.6 is 0 Å². The molecule has 1 heterocycles. The van der Waals surface area contributed by atoms with Gasteiger partial charge < -0.3 is 5.32 Å². The summed E-state index contributed by atoms with van der Waals surface area (Å²) in [5, 5.41) is 8.16. The zero-order valence-electron chi connectivity index (χ0n) is 13.7. The second-order valence-electron chi connectivity index (χ2n) is 6.55. The molecule has 3 heteroatoms. The summed E-state index contributed by atoms with van der Waals surface area (Å²) in [6, 6.07) is 2.31. The molecule has 0 amide bonds. The molecule has 114 valence electrons. The zero-order chi connectivity index (χ0) is 14.5. The van der Waals surface area contributed by atoms with Gasteiger partial charge in [-0.3, -0.25) is 4.68 Å². The lowest BCUT2D eigenvalue weighted by Gasteiger charge is -2.35. The van der Waals surface area contributed by atoms with Crippen molar-refractivity contribution in [3.63, 3.8) is 0 Å². The van der Waals surface area contributed by atoms with Crippen molar-refractivity contribution in [2.45, 2.75) is 52.9 Å². The van der Waals surface area contributed by atoms with Crippen molar-refractivity contribution in [3.05, 3.63) is 17.5 Å². The van der Waals surface area contributed by atoms with E-state index >= 15 is 0 Å². The Kier molecular flexibility index (Phi) is 5.64. The largest absolute Gasteiger partial charge is 0.317 e. The first-order valence-corrected chi connectivity index (χ1v) is 8.36. The molecule has 0 radical (unpaired) electrons. The van der Waals surface area contributed by atoms with Gasteiger partial charge in [-0.25, -0.2) is 0 Å². The maximum absolute atomic E-state index is 4.60. The van der Waals surface area contributed by atoms with E-state index in [0.717, 1.165) is 30.7 Å². The highest BCUT2D eigenvalue weighted by Crippen LogP contribution is 2.35. The third-order valence-corrected chi connectivity index (χ3v) is 4.92. The summed E-state index contributed by atoms with van der Waals surface area (Å²) in [6.45, 7) is 9.08. The number of nitrogens with zero attached hydrogens (tertiary/aromatic N) is 2. The van der Waals surface area contributed by atoms with Crippen molar-refractivity contribution in [2.24, 2.45) is 24.8 Å². The fourth-order valence-corrected chi connectivity index (χ4v) is 3.61. The van der Waals surface area contributed by atoms with Gasteiger partial charge in [0.05, 0.1) is 5.69 Å². The van der Waals surface area contributed by atoms with E-state index in [1.807, 2.05) is 0 Å². The molecule has 0 saturated heterocycles. The first-order chi connectivity index (χ1) is 9.63. The summed E-state index contributed by atoms with van der Waals surface area (Å²) in [5.41, 5.74) is 2.65. The number of rotatable bonds is 6. The molecule has 3 nitrogen and oxygen atoms in total. The Morgan fingerprint density at radius 3 is 2.75 bits per heavy atom. The summed E-state index contributed by atoms with van der Waals surface area (Å²) in [6.07, 6.45) is 6.40. The maximum atomic E-state index is 4.60. The highest BCUT2D eigenvalue weighted by atomic mass is 15.3. The Morgan fingerprint density at radius 2 is 2.10 bits per heavy atom. The normalized spacial score (nSPS) is 26.9. The molecular weight excluding hydrogens is 246 g/mol. The lowest BCUT2D eigenvalue weighted by Crippen LogP contribution is -2.34. The van der Waals surface area contributed by atoms with E-state index in [9.17, 15) is 0 Å². The molecule has 1 N–H and O–H groups in total. The minimum atomic E-state index is 0.818. The molecule has 3 unspecified atom stereocenters. The van der Waals surface area contributed by atoms with E-state index in [2.05, 4.69) is 49.0 Å². The Morgan fingerprint density at radius 1 is 1.30 bits per heavy atom. The van der Waals surface area contributed by atoms with Gasteiger partial charge in [-0.1, -0.05) is 27.2 Å². The van der Waals surface area contributed by atoms with Crippen LogP contribution in [0.1, 0.15) is 51.4 Å². The highest BCUT2D eigenvalue weighted by Gasteiger charge is 2.29. The number of aryl methyl sites for hydroxylation is 2. The molecule has 0 spiro atoms. The van der Waals surface area contributed by atoms with Crippen molar-refractivity contribution in [1.82, 2.24) is 15.1 Å². The van der Waals surface area contributed by atoms with Crippen LogP contribution < -0.4 is 5.32 Å². The fraction of sp³-hybridized carbons (Fsp3) is 0.824. The summed E-state index contributed by atoms with van der Waals surface area (Å²) >= 11 is 0. The summed E-state index contributed by atoms with van der Waals surface area (Å²) in [7, 11) is 2.10. The third kappa shape index (κ3) is 3.85. The molecule has 1 aliphatic carbocycles. The molecule has 1 aromatic heterocycles. The topological polar surface area (TPSA) is 29.9 Å². The van der Waals surface area contributed by atoms with Gasteiger partial charge >= 0.3 is 0 Å². The van der Waals surface area contributed by atoms with Crippen LogP contribution in [0, 0.1) is 17.8 Å². The van der Waals surface area contributed by atoms with Crippen molar-refractivity contribution >= 4 is 0 Å². The van der Waals surface area contributed by atoms with Gasteiger partial charge in [0, 0.05) is 12.7 Å². The van der Waals surface area contributed by atoms with Crippen molar-refractivity contribution in [1.29, 1.82) is 0 Å². The Bertz CT molecular complexity index is 408. The van der Waals surface area contributed by atoms with Gasteiger partial charge in [-0.15, -0.1) is 0 Å². The third-order valence-electron chi connectivity index (χ3n) is 4.92. The van der Waals surface area contributed by atoms with E-state index in [1.54, 1.807) is 0 Å². The Balaban J connectivity index is 2.03. The predicted octanol–water partition coefficient (Wildman–Crippen LogP) is 3.19. The molecule has 0 aliphatic heterocycles.